The van der Waals surface area contributed by atoms with Crippen LogP contribution in [0.2, 0.25) is 0 Å². The fraction of sp³-hybridized carbons (Fsp3) is 0.533. The molecule has 1 aromatic carbocycles. The molecule has 1 aliphatic rings. The normalized spacial score (nSPS) is 21.1. The maximum absolute atomic E-state index is 13.6. The summed E-state index contributed by atoms with van der Waals surface area (Å²) in [5.74, 6) is -1.44. The highest BCUT2D eigenvalue weighted by molar-refractivity contribution is 6.00. The van der Waals surface area contributed by atoms with Gasteiger partial charge in [-0.05, 0) is 44.4 Å². The van der Waals surface area contributed by atoms with E-state index >= 15 is 0 Å². The molecule has 0 aromatic heterocycles. The van der Waals surface area contributed by atoms with E-state index in [0.717, 1.165) is 38.1 Å². The second-order valence-corrected chi connectivity index (χ2v) is 5.33. The highest BCUT2D eigenvalue weighted by Gasteiger charge is 2.30. The maximum Gasteiger partial charge on any atom is 0.182 e. The highest BCUT2D eigenvalue weighted by Crippen LogP contribution is 2.23. The summed E-state index contributed by atoms with van der Waals surface area (Å²) in [7, 11) is 0. The molecule has 2 unspecified atom stereocenters. The molecule has 0 amide bonds. The molecule has 0 saturated carbocycles. The quantitative estimate of drug-likeness (QED) is 0.843. The first kappa shape index (κ1) is 15.1. The molecule has 2 atom stereocenters. The minimum atomic E-state index is -0.812. The van der Waals surface area contributed by atoms with Crippen LogP contribution in [0, 0.1) is 17.6 Å². The number of halogens is 2. The number of carbonyl (C=O) groups is 1. The number of hydrogen-bond donors (Lipinski definition) is 1. The largest absolute Gasteiger partial charge is 0.396 e. The van der Waals surface area contributed by atoms with Gasteiger partial charge >= 0.3 is 0 Å². The smallest absolute Gasteiger partial charge is 0.182 e. The van der Waals surface area contributed by atoms with Crippen LogP contribution in [-0.4, -0.2) is 41.5 Å². The summed E-state index contributed by atoms with van der Waals surface area (Å²) in [4.78, 5) is 14.3. The fourth-order valence-electron chi connectivity index (χ4n) is 2.71. The molecule has 0 radical (unpaired) electrons. The Hall–Kier alpha value is -1.33. The van der Waals surface area contributed by atoms with Crippen LogP contribution in [0.5, 0.6) is 0 Å². The molecular formula is C15H19F2NO2. The van der Waals surface area contributed by atoms with Crippen molar-refractivity contribution in [3.63, 3.8) is 0 Å². The predicted octanol–water partition coefficient (Wildman–Crippen LogP) is 2.24. The summed E-state index contributed by atoms with van der Waals surface area (Å²) < 4.78 is 26.5. The van der Waals surface area contributed by atoms with Crippen LogP contribution in [0.1, 0.15) is 30.1 Å². The van der Waals surface area contributed by atoms with Crippen molar-refractivity contribution in [1.82, 2.24) is 4.90 Å². The lowest BCUT2D eigenvalue weighted by molar-refractivity contribution is 0.0857. The van der Waals surface area contributed by atoms with E-state index in [4.69, 9.17) is 5.11 Å². The predicted molar refractivity (Wildman–Crippen MR) is 71.5 cm³/mol. The van der Waals surface area contributed by atoms with Crippen LogP contribution < -0.4 is 0 Å². The molecule has 1 fully saturated rings. The first-order valence-electron chi connectivity index (χ1n) is 6.87. The van der Waals surface area contributed by atoms with Gasteiger partial charge in [-0.15, -0.1) is 0 Å². The monoisotopic (exact) mass is 283 g/mol. The number of likely N-dealkylation sites (tertiary alicyclic amines) is 1. The summed E-state index contributed by atoms with van der Waals surface area (Å²) in [6.07, 6.45) is 1.66. The van der Waals surface area contributed by atoms with Crippen LogP contribution in [-0.2, 0) is 0 Å². The third kappa shape index (κ3) is 3.22. The van der Waals surface area contributed by atoms with Crippen molar-refractivity contribution in [2.45, 2.75) is 25.8 Å². The van der Waals surface area contributed by atoms with Gasteiger partial charge in [-0.2, -0.15) is 0 Å². The molecule has 1 aliphatic heterocycles. The lowest BCUT2D eigenvalue weighted by atomic mass is 10.0. The third-order valence-corrected chi connectivity index (χ3v) is 3.98. The van der Waals surface area contributed by atoms with E-state index in [1.54, 1.807) is 6.92 Å². The molecule has 1 aromatic rings. The second-order valence-electron chi connectivity index (χ2n) is 5.33. The Bertz CT molecular complexity index is 493. The van der Waals surface area contributed by atoms with Gasteiger partial charge in [0.1, 0.15) is 11.6 Å². The Morgan fingerprint density at radius 2 is 2.25 bits per heavy atom. The Balaban J connectivity index is 2.05. The number of ketones is 1. The standard InChI is InChI=1S/C15H19F2NO2/c1-10(18-6-4-11(9-18)5-7-19)15(20)13-3-2-12(16)8-14(13)17/h2-3,8,10-11,19H,4-7,9H2,1H3. The average Bonchev–Trinajstić information content (AvgIpc) is 2.86. The Morgan fingerprint density at radius 1 is 1.50 bits per heavy atom. The zero-order chi connectivity index (χ0) is 14.7. The molecule has 5 heteroatoms. The molecule has 0 spiro atoms. The van der Waals surface area contributed by atoms with Gasteiger partial charge in [0.05, 0.1) is 11.6 Å². The van der Waals surface area contributed by atoms with Gasteiger partial charge in [-0.3, -0.25) is 9.69 Å². The Kier molecular flexibility index (Phi) is 4.83. The summed E-state index contributed by atoms with van der Waals surface area (Å²) in [6, 6.07) is 2.60. The number of aliphatic hydroxyl groups is 1. The number of carbonyl (C=O) groups excluding carboxylic acids is 1. The number of rotatable bonds is 5. The minimum Gasteiger partial charge on any atom is -0.396 e. The molecule has 0 aliphatic carbocycles. The zero-order valence-electron chi connectivity index (χ0n) is 11.5. The number of aliphatic hydroxyl groups excluding tert-OH is 1. The molecule has 1 N–H and O–H groups in total. The van der Waals surface area contributed by atoms with E-state index in [9.17, 15) is 13.6 Å². The van der Waals surface area contributed by atoms with Crippen molar-refractivity contribution in [1.29, 1.82) is 0 Å². The van der Waals surface area contributed by atoms with Gasteiger partial charge in [-0.25, -0.2) is 8.78 Å². The minimum absolute atomic E-state index is 0.0653. The van der Waals surface area contributed by atoms with E-state index in [2.05, 4.69) is 0 Å². The van der Waals surface area contributed by atoms with Crippen molar-refractivity contribution < 1.29 is 18.7 Å². The van der Waals surface area contributed by atoms with Crippen molar-refractivity contribution in [3.05, 3.63) is 35.4 Å². The number of benzene rings is 1. The number of hydrogen-bond acceptors (Lipinski definition) is 3. The second kappa shape index (κ2) is 6.41. The molecular weight excluding hydrogens is 264 g/mol. The zero-order valence-corrected chi connectivity index (χ0v) is 11.5. The summed E-state index contributed by atoms with van der Waals surface area (Å²) in [5.41, 5.74) is -0.0653. The average molecular weight is 283 g/mol. The Labute approximate surface area is 117 Å². The lowest BCUT2D eigenvalue weighted by Crippen LogP contribution is -2.37. The Morgan fingerprint density at radius 3 is 2.90 bits per heavy atom. The number of Topliss-reactive ketones (excluding diaryl/α,β-unsaturated/α-hetero) is 1. The van der Waals surface area contributed by atoms with Crippen molar-refractivity contribution in [2.24, 2.45) is 5.92 Å². The molecule has 0 bridgehead atoms. The third-order valence-electron chi connectivity index (χ3n) is 3.98. The molecule has 1 saturated heterocycles. The van der Waals surface area contributed by atoms with Gasteiger partial charge in [0, 0.05) is 19.2 Å². The molecule has 110 valence electrons. The van der Waals surface area contributed by atoms with Gasteiger partial charge in [0.25, 0.3) is 0 Å². The van der Waals surface area contributed by atoms with Crippen LogP contribution in [0.4, 0.5) is 8.78 Å². The van der Waals surface area contributed by atoms with Crippen LogP contribution in [0.3, 0.4) is 0 Å². The van der Waals surface area contributed by atoms with Crippen molar-refractivity contribution in [3.8, 4) is 0 Å². The van der Waals surface area contributed by atoms with Crippen LogP contribution >= 0.6 is 0 Å². The van der Waals surface area contributed by atoms with Crippen LogP contribution in [0.15, 0.2) is 18.2 Å². The van der Waals surface area contributed by atoms with Gasteiger partial charge in [0.15, 0.2) is 5.78 Å². The fourth-order valence-corrected chi connectivity index (χ4v) is 2.71. The lowest BCUT2D eigenvalue weighted by Gasteiger charge is -2.23. The van der Waals surface area contributed by atoms with E-state index in [-0.39, 0.29) is 18.0 Å². The molecule has 2 rings (SSSR count). The summed E-state index contributed by atoms with van der Waals surface area (Å²) in [5, 5.41) is 8.93. The van der Waals surface area contributed by atoms with E-state index in [1.165, 1.54) is 6.07 Å². The SMILES string of the molecule is CC(C(=O)c1ccc(F)cc1F)N1CCC(CCO)C1. The van der Waals surface area contributed by atoms with Crippen molar-refractivity contribution in [2.75, 3.05) is 19.7 Å². The first-order valence-corrected chi connectivity index (χ1v) is 6.87. The molecule has 20 heavy (non-hydrogen) atoms. The van der Waals surface area contributed by atoms with Gasteiger partial charge in [0.2, 0.25) is 0 Å². The maximum atomic E-state index is 13.6. The van der Waals surface area contributed by atoms with E-state index in [0.29, 0.717) is 5.92 Å². The molecule has 3 nitrogen and oxygen atoms in total. The molecule has 1 heterocycles. The number of nitrogens with zero attached hydrogens (tertiary/aromatic N) is 1. The first-order chi connectivity index (χ1) is 9.52. The van der Waals surface area contributed by atoms with Crippen LogP contribution in [0.25, 0.3) is 0 Å². The topological polar surface area (TPSA) is 40.5 Å². The highest BCUT2D eigenvalue weighted by atomic mass is 19.1. The summed E-state index contributed by atoms with van der Waals surface area (Å²) >= 11 is 0. The van der Waals surface area contributed by atoms with E-state index < -0.39 is 17.7 Å². The van der Waals surface area contributed by atoms with Crippen molar-refractivity contribution >= 4 is 5.78 Å². The summed E-state index contributed by atoms with van der Waals surface area (Å²) in [6.45, 7) is 3.39. The van der Waals surface area contributed by atoms with E-state index in [1.807, 2.05) is 4.90 Å². The van der Waals surface area contributed by atoms with Gasteiger partial charge in [-0.1, -0.05) is 0 Å². The van der Waals surface area contributed by atoms with Gasteiger partial charge < -0.3 is 5.11 Å².